The Hall–Kier alpha value is -1.93. The SMILES string of the molecule is COC(=O)/C=C1/S/C(=N\N=Cc2ccc(C)cc2Br)NC1=O. The van der Waals surface area contributed by atoms with Crippen LogP contribution in [0.2, 0.25) is 0 Å². The highest BCUT2D eigenvalue weighted by Gasteiger charge is 2.24. The van der Waals surface area contributed by atoms with Crippen molar-refractivity contribution in [2.24, 2.45) is 10.2 Å². The highest BCUT2D eigenvalue weighted by Crippen LogP contribution is 2.23. The van der Waals surface area contributed by atoms with Gasteiger partial charge in [-0.15, -0.1) is 5.10 Å². The van der Waals surface area contributed by atoms with Crippen molar-refractivity contribution in [2.75, 3.05) is 7.11 Å². The minimum absolute atomic E-state index is 0.220. The number of thioether (sulfide) groups is 1. The average molecular weight is 382 g/mol. The number of esters is 1. The molecule has 0 saturated carbocycles. The van der Waals surface area contributed by atoms with Crippen molar-refractivity contribution in [3.05, 3.63) is 44.8 Å². The van der Waals surface area contributed by atoms with Gasteiger partial charge in [-0.05, 0) is 30.3 Å². The molecule has 0 spiro atoms. The number of carbonyl (C=O) groups excluding carboxylic acids is 2. The topological polar surface area (TPSA) is 80.1 Å². The second kappa shape index (κ2) is 7.37. The van der Waals surface area contributed by atoms with Crippen molar-refractivity contribution in [1.82, 2.24) is 5.32 Å². The second-order valence-electron chi connectivity index (χ2n) is 4.26. The third-order valence-electron chi connectivity index (χ3n) is 2.60. The molecule has 0 atom stereocenters. The second-order valence-corrected chi connectivity index (χ2v) is 6.15. The summed E-state index contributed by atoms with van der Waals surface area (Å²) in [6.45, 7) is 1.99. The van der Waals surface area contributed by atoms with Gasteiger partial charge in [0.2, 0.25) is 0 Å². The summed E-state index contributed by atoms with van der Waals surface area (Å²) in [6.07, 6.45) is 2.69. The number of amidine groups is 1. The van der Waals surface area contributed by atoms with Crippen LogP contribution in [0.15, 0.2) is 43.9 Å². The maximum atomic E-state index is 11.6. The number of nitrogens with one attached hydrogen (secondary N) is 1. The predicted octanol–water partition coefficient (Wildman–Crippen LogP) is 2.37. The van der Waals surface area contributed by atoms with Gasteiger partial charge < -0.3 is 4.74 Å². The first-order valence-electron chi connectivity index (χ1n) is 6.15. The number of amides is 1. The Balaban J connectivity index is 2.08. The lowest BCUT2D eigenvalue weighted by atomic mass is 10.2. The van der Waals surface area contributed by atoms with Crippen LogP contribution < -0.4 is 5.32 Å². The molecule has 1 aliphatic rings. The number of ether oxygens (including phenoxy) is 1. The third kappa shape index (κ3) is 4.28. The van der Waals surface area contributed by atoms with Crippen LogP contribution in [0, 0.1) is 6.92 Å². The average Bonchev–Trinajstić information content (AvgIpc) is 2.81. The summed E-state index contributed by atoms with van der Waals surface area (Å²) in [6, 6.07) is 5.84. The molecule has 1 heterocycles. The van der Waals surface area contributed by atoms with Crippen LogP contribution in [0.5, 0.6) is 0 Å². The van der Waals surface area contributed by atoms with Gasteiger partial charge in [0.25, 0.3) is 5.91 Å². The van der Waals surface area contributed by atoms with Crippen LogP contribution in [0.25, 0.3) is 0 Å². The normalized spacial score (nSPS) is 18.2. The van der Waals surface area contributed by atoms with Crippen molar-refractivity contribution in [1.29, 1.82) is 0 Å². The Morgan fingerprint density at radius 2 is 2.23 bits per heavy atom. The number of halogens is 1. The lowest BCUT2D eigenvalue weighted by Crippen LogP contribution is -2.19. The molecule has 1 aromatic carbocycles. The van der Waals surface area contributed by atoms with Gasteiger partial charge in [0.1, 0.15) is 0 Å². The predicted molar refractivity (Wildman–Crippen MR) is 89.7 cm³/mol. The van der Waals surface area contributed by atoms with E-state index in [1.165, 1.54) is 7.11 Å². The van der Waals surface area contributed by atoms with Gasteiger partial charge in [-0.2, -0.15) is 5.10 Å². The highest BCUT2D eigenvalue weighted by atomic mass is 79.9. The summed E-state index contributed by atoms with van der Waals surface area (Å²) >= 11 is 4.47. The number of methoxy groups -OCH3 is 1. The maximum absolute atomic E-state index is 11.6. The number of rotatable bonds is 3. The van der Waals surface area contributed by atoms with Crippen molar-refractivity contribution >= 4 is 51.0 Å². The maximum Gasteiger partial charge on any atom is 0.331 e. The van der Waals surface area contributed by atoms with E-state index >= 15 is 0 Å². The van der Waals surface area contributed by atoms with E-state index in [1.54, 1.807) is 6.21 Å². The van der Waals surface area contributed by atoms with E-state index in [1.807, 2.05) is 25.1 Å². The Labute approximate surface area is 139 Å². The van der Waals surface area contributed by atoms with E-state index < -0.39 is 11.9 Å². The number of carbonyl (C=O) groups is 2. The molecule has 2 rings (SSSR count). The van der Waals surface area contributed by atoms with Gasteiger partial charge >= 0.3 is 5.97 Å². The van der Waals surface area contributed by atoms with Crippen LogP contribution in [0.1, 0.15) is 11.1 Å². The minimum Gasteiger partial charge on any atom is -0.466 e. The fraction of sp³-hybridized carbons (Fsp3) is 0.143. The first kappa shape index (κ1) is 16.4. The van der Waals surface area contributed by atoms with Crippen molar-refractivity contribution < 1.29 is 14.3 Å². The van der Waals surface area contributed by atoms with Crippen LogP contribution >= 0.6 is 27.7 Å². The van der Waals surface area contributed by atoms with Crippen LogP contribution in [-0.2, 0) is 14.3 Å². The summed E-state index contributed by atoms with van der Waals surface area (Å²) < 4.78 is 5.38. The first-order valence-corrected chi connectivity index (χ1v) is 7.76. The Morgan fingerprint density at radius 3 is 2.91 bits per heavy atom. The Bertz CT molecular complexity index is 713. The summed E-state index contributed by atoms with van der Waals surface area (Å²) in [5.41, 5.74) is 2.00. The molecular formula is C14H12BrN3O3S. The molecule has 114 valence electrons. The van der Waals surface area contributed by atoms with E-state index in [2.05, 4.69) is 36.2 Å². The van der Waals surface area contributed by atoms with Gasteiger partial charge in [0, 0.05) is 16.1 Å². The Kier molecular flexibility index (Phi) is 5.51. The third-order valence-corrected chi connectivity index (χ3v) is 4.19. The smallest absolute Gasteiger partial charge is 0.331 e. The lowest BCUT2D eigenvalue weighted by molar-refractivity contribution is -0.135. The zero-order valence-electron chi connectivity index (χ0n) is 11.8. The quantitative estimate of drug-likeness (QED) is 0.377. The zero-order chi connectivity index (χ0) is 16.1. The monoisotopic (exact) mass is 381 g/mol. The largest absolute Gasteiger partial charge is 0.466 e. The molecule has 8 heteroatoms. The molecule has 0 bridgehead atoms. The van der Waals surface area contributed by atoms with Gasteiger partial charge in [-0.3, -0.25) is 10.1 Å². The minimum atomic E-state index is -0.592. The van der Waals surface area contributed by atoms with Crippen LogP contribution in [0.3, 0.4) is 0 Å². The molecule has 1 fully saturated rings. The number of benzene rings is 1. The van der Waals surface area contributed by atoms with Gasteiger partial charge in [-0.25, -0.2) is 4.79 Å². The summed E-state index contributed by atoms with van der Waals surface area (Å²) in [5, 5.41) is 10.7. The molecule has 0 unspecified atom stereocenters. The van der Waals surface area contributed by atoms with E-state index in [9.17, 15) is 9.59 Å². The molecule has 0 aromatic heterocycles. The van der Waals surface area contributed by atoms with E-state index in [0.29, 0.717) is 5.17 Å². The number of nitrogens with zero attached hydrogens (tertiary/aromatic N) is 2. The molecule has 0 aliphatic carbocycles. The van der Waals surface area contributed by atoms with Crippen LogP contribution in [-0.4, -0.2) is 30.4 Å². The standard InChI is InChI=1S/C14H12BrN3O3S/c1-8-3-4-9(10(15)5-8)7-16-18-14-17-13(20)11(22-14)6-12(19)21-2/h3-7H,1-2H3,(H,17,18,20)/b11-6+,16-7?. The molecule has 1 amide bonds. The molecule has 1 aliphatic heterocycles. The lowest BCUT2D eigenvalue weighted by Gasteiger charge is -1.98. The van der Waals surface area contributed by atoms with Gasteiger partial charge in [-0.1, -0.05) is 28.1 Å². The fourth-order valence-corrected chi connectivity index (χ4v) is 2.86. The fourth-order valence-electron chi connectivity index (χ4n) is 1.52. The number of aryl methyl sites for hydroxylation is 1. The van der Waals surface area contributed by atoms with Gasteiger partial charge in [0.05, 0.1) is 18.2 Å². The van der Waals surface area contributed by atoms with E-state index in [0.717, 1.165) is 33.4 Å². The molecule has 1 aromatic rings. The molecular weight excluding hydrogens is 370 g/mol. The molecule has 22 heavy (non-hydrogen) atoms. The summed E-state index contributed by atoms with van der Waals surface area (Å²) in [5.74, 6) is -0.994. The summed E-state index contributed by atoms with van der Waals surface area (Å²) in [4.78, 5) is 22.9. The number of hydrogen-bond donors (Lipinski definition) is 1. The van der Waals surface area contributed by atoms with Gasteiger partial charge in [0.15, 0.2) is 5.17 Å². The first-order chi connectivity index (χ1) is 10.5. The highest BCUT2D eigenvalue weighted by molar-refractivity contribution is 9.10. The van der Waals surface area contributed by atoms with Crippen molar-refractivity contribution in [3.8, 4) is 0 Å². The molecule has 1 N–H and O–H groups in total. The summed E-state index contributed by atoms with van der Waals surface area (Å²) in [7, 11) is 1.25. The molecule has 0 radical (unpaired) electrons. The van der Waals surface area contributed by atoms with E-state index in [-0.39, 0.29) is 4.91 Å². The van der Waals surface area contributed by atoms with Crippen molar-refractivity contribution in [3.63, 3.8) is 0 Å². The zero-order valence-corrected chi connectivity index (χ0v) is 14.2. The van der Waals surface area contributed by atoms with Crippen LogP contribution in [0.4, 0.5) is 0 Å². The molecule has 6 nitrogen and oxygen atoms in total. The molecule has 1 saturated heterocycles. The Morgan fingerprint density at radius 1 is 1.45 bits per heavy atom. The van der Waals surface area contributed by atoms with Crippen molar-refractivity contribution in [2.45, 2.75) is 6.92 Å². The van der Waals surface area contributed by atoms with E-state index in [4.69, 9.17) is 0 Å². The number of hydrogen-bond acceptors (Lipinski definition) is 6.